The summed E-state index contributed by atoms with van der Waals surface area (Å²) in [5.41, 5.74) is -0.248. The number of ether oxygens (including phenoxy) is 1. The van der Waals surface area contributed by atoms with Crippen molar-refractivity contribution in [2.45, 2.75) is 82.8 Å². The van der Waals surface area contributed by atoms with Crippen LogP contribution >= 0.6 is 0 Å². The van der Waals surface area contributed by atoms with Crippen LogP contribution in [-0.4, -0.2) is 54.3 Å². The van der Waals surface area contributed by atoms with E-state index >= 15 is 0 Å². The first kappa shape index (κ1) is 26.9. The fourth-order valence-corrected chi connectivity index (χ4v) is 7.90. The Morgan fingerprint density at radius 2 is 1.95 bits per heavy atom. The number of methoxy groups -OCH3 is 1. The fraction of sp³-hybridized carbons (Fsp3) is 0.690. The van der Waals surface area contributed by atoms with Crippen LogP contribution in [0.15, 0.2) is 29.3 Å². The maximum atomic E-state index is 14.2. The number of rotatable bonds is 7. The van der Waals surface area contributed by atoms with Crippen LogP contribution in [0.25, 0.3) is 0 Å². The summed E-state index contributed by atoms with van der Waals surface area (Å²) >= 11 is 0. The van der Waals surface area contributed by atoms with E-state index in [1.165, 1.54) is 0 Å². The summed E-state index contributed by atoms with van der Waals surface area (Å²) in [5, 5.41) is 16.3. The molecule has 2 atom stereocenters. The number of nitriles is 1. The lowest BCUT2D eigenvalue weighted by Crippen LogP contribution is -2.66. The molecular formula is C29H39F2N5O2. The van der Waals surface area contributed by atoms with E-state index in [4.69, 9.17) is 4.74 Å². The molecule has 2 N–H and O–H groups in total. The molecular weight excluding hydrogens is 488 g/mol. The smallest absolute Gasteiger partial charge is 0.260 e. The van der Waals surface area contributed by atoms with E-state index in [2.05, 4.69) is 15.6 Å². The zero-order valence-electron chi connectivity index (χ0n) is 22.6. The van der Waals surface area contributed by atoms with Crippen molar-refractivity contribution in [2.75, 3.05) is 20.2 Å². The van der Waals surface area contributed by atoms with Crippen LogP contribution in [0, 0.1) is 34.6 Å². The topological polar surface area (TPSA) is 89.7 Å². The number of carbonyl (C=O) groups excluding carboxylic acids is 1. The highest BCUT2D eigenvalue weighted by Crippen LogP contribution is 2.60. The van der Waals surface area contributed by atoms with E-state index in [1.54, 1.807) is 12.0 Å². The zero-order chi connectivity index (χ0) is 27.1. The van der Waals surface area contributed by atoms with Gasteiger partial charge in [0.15, 0.2) is 0 Å². The van der Waals surface area contributed by atoms with Gasteiger partial charge in [0.1, 0.15) is 11.6 Å². The molecule has 5 aliphatic rings. The van der Waals surface area contributed by atoms with Gasteiger partial charge in [-0.25, -0.2) is 8.78 Å². The average molecular weight is 528 g/mol. The van der Waals surface area contributed by atoms with Gasteiger partial charge in [0, 0.05) is 24.6 Å². The van der Waals surface area contributed by atoms with E-state index in [-0.39, 0.29) is 42.2 Å². The minimum atomic E-state index is -2.74. The first-order valence-electron chi connectivity index (χ1n) is 13.8. The highest BCUT2D eigenvalue weighted by atomic mass is 19.3. The summed E-state index contributed by atoms with van der Waals surface area (Å²) < 4.78 is 33.9. The van der Waals surface area contributed by atoms with E-state index < -0.39 is 11.5 Å². The summed E-state index contributed by atoms with van der Waals surface area (Å²) in [6.07, 6.45) is 6.79. The number of benzene rings is 1. The Kier molecular flexibility index (Phi) is 7.14. The van der Waals surface area contributed by atoms with Gasteiger partial charge in [0.2, 0.25) is 12.1 Å². The molecule has 1 aromatic carbocycles. The third-order valence-corrected chi connectivity index (χ3v) is 9.61. The van der Waals surface area contributed by atoms with E-state index in [1.807, 2.05) is 44.3 Å². The van der Waals surface area contributed by atoms with Crippen molar-refractivity contribution in [3.8, 4) is 11.9 Å². The number of hydrogen-bond acceptors (Lipinski definition) is 5. The SMILES string of the molecule is COc1ccccc1CNC(=O)C12CC3CC(C1)C(N/C(=N/C#N)C(C)(C)N1CCCC(F)(F)C1)C(C3)C2. The van der Waals surface area contributed by atoms with Gasteiger partial charge >= 0.3 is 0 Å². The number of amides is 1. The van der Waals surface area contributed by atoms with E-state index in [9.17, 15) is 18.8 Å². The van der Waals surface area contributed by atoms with Crippen LogP contribution < -0.4 is 15.4 Å². The van der Waals surface area contributed by atoms with Crippen molar-refractivity contribution in [1.29, 1.82) is 5.26 Å². The number of alkyl halides is 2. The highest BCUT2D eigenvalue weighted by molar-refractivity contribution is 5.92. The molecule has 206 valence electrons. The van der Waals surface area contributed by atoms with Gasteiger partial charge in [-0.3, -0.25) is 9.69 Å². The normalized spacial score (nSPS) is 32.5. The number of carbonyl (C=O) groups is 1. The molecule has 4 saturated carbocycles. The Hall–Kier alpha value is -2.73. The Morgan fingerprint density at radius 1 is 1.24 bits per heavy atom. The first-order chi connectivity index (χ1) is 18.1. The molecule has 4 aliphatic carbocycles. The van der Waals surface area contributed by atoms with Gasteiger partial charge in [-0.1, -0.05) is 18.2 Å². The lowest BCUT2D eigenvalue weighted by Gasteiger charge is -2.59. The Bertz CT molecular complexity index is 1110. The van der Waals surface area contributed by atoms with Gasteiger partial charge in [0.05, 0.1) is 24.6 Å². The lowest BCUT2D eigenvalue weighted by atomic mass is 9.47. The summed E-state index contributed by atoms with van der Waals surface area (Å²) in [6, 6.07) is 7.80. The second-order valence-corrected chi connectivity index (χ2v) is 12.4. The van der Waals surface area contributed by atoms with Crippen molar-refractivity contribution in [3.05, 3.63) is 29.8 Å². The summed E-state index contributed by atoms with van der Waals surface area (Å²) in [4.78, 5) is 19.5. The summed E-state index contributed by atoms with van der Waals surface area (Å²) in [6.45, 7) is 4.39. The number of para-hydroxylation sites is 1. The first-order valence-corrected chi connectivity index (χ1v) is 13.8. The molecule has 5 fully saturated rings. The second-order valence-electron chi connectivity index (χ2n) is 12.4. The number of piperidine rings is 1. The number of likely N-dealkylation sites (tertiary alicyclic amines) is 1. The summed E-state index contributed by atoms with van der Waals surface area (Å²) in [7, 11) is 1.63. The molecule has 1 aromatic rings. The molecule has 0 radical (unpaired) electrons. The molecule has 1 heterocycles. The van der Waals surface area contributed by atoms with Crippen molar-refractivity contribution >= 4 is 11.7 Å². The van der Waals surface area contributed by atoms with Crippen LogP contribution in [0.3, 0.4) is 0 Å². The molecule has 2 unspecified atom stereocenters. The Labute approximate surface area is 224 Å². The third kappa shape index (κ3) is 5.00. The Balaban J connectivity index is 1.29. The number of amidine groups is 1. The predicted molar refractivity (Wildman–Crippen MR) is 141 cm³/mol. The van der Waals surface area contributed by atoms with Crippen molar-refractivity contribution in [3.63, 3.8) is 0 Å². The van der Waals surface area contributed by atoms with Crippen molar-refractivity contribution < 1.29 is 18.3 Å². The van der Waals surface area contributed by atoms with Gasteiger partial charge < -0.3 is 15.4 Å². The van der Waals surface area contributed by atoms with Crippen LogP contribution in [0.5, 0.6) is 5.75 Å². The second kappa shape index (κ2) is 10.1. The molecule has 9 heteroatoms. The van der Waals surface area contributed by atoms with Crippen molar-refractivity contribution in [1.82, 2.24) is 15.5 Å². The van der Waals surface area contributed by atoms with E-state index in [0.29, 0.717) is 31.3 Å². The minimum absolute atomic E-state index is 0.0818. The van der Waals surface area contributed by atoms with Gasteiger partial charge in [0.25, 0.3) is 5.92 Å². The fourth-order valence-electron chi connectivity index (χ4n) is 7.90. The van der Waals surface area contributed by atoms with Gasteiger partial charge in [-0.2, -0.15) is 10.3 Å². The molecule has 0 aromatic heterocycles. The van der Waals surface area contributed by atoms with Crippen LogP contribution in [0.2, 0.25) is 0 Å². The standard InChI is InChI=1S/C29H39F2N5O2/c1-27(2,36-10-6-9-29(30,31)17-36)25(34-18-32)35-24-21-11-19-12-22(24)15-28(13-19,14-21)26(37)33-16-20-7-4-5-8-23(20)38-3/h4-5,7-8,19,21-22,24H,6,9-17H2,1-3H3,(H,33,37)(H,34,35). The zero-order valence-corrected chi connectivity index (χ0v) is 22.6. The van der Waals surface area contributed by atoms with Gasteiger partial charge in [-0.05, 0) is 82.7 Å². The van der Waals surface area contributed by atoms with Crippen molar-refractivity contribution in [2.24, 2.45) is 28.2 Å². The van der Waals surface area contributed by atoms with Gasteiger partial charge in [-0.15, -0.1) is 0 Å². The monoisotopic (exact) mass is 527 g/mol. The van der Waals surface area contributed by atoms with Crippen LogP contribution in [0.1, 0.15) is 64.4 Å². The molecule has 0 spiro atoms. The molecule has 1 saturated heterocycles. The molecule has 6 rings (SSSR count). The number of aliphatic imine (C=N–C) groups is 1. The molecule has 38 heavy (non-hydrogen) atoms. The number of hydrogen-bond donors (Lipinski definition) is 2. The van der Waals surface area contributed by atoms with Crippen LogP contribution in [0.4, 0.5) is 8.78 Å². The third-order valence-electron chi connectivity index (χ3n) is 9.61. The lowest BCUT2D eigenvalue weighted by molar-refractivity contribution is -0.149. The quantitative estimate of drug-likeness (QED) is 0.310. The van der Waals surface area contributed by atoms with Crippen LogP contribution in [-0.2, 0) is 11.3 Å². The number of nitrogens with one attached hydrogen (secondary N) is 2. The molecule has 4 bridgehead atoms. The molecule has 1 aliphatic heterocycles. The maximum absolute atomic E-state index is 14.2. The molecule has 7 nitrogen and oxygen atoms in total. The average Bonchev–Trinajstić information content (AvgIpc) is 2.87. The summed E-state index contributed by atoms with van der Waals surface area (Å²) in [5.74, 6) is -0.331. The number of halogens is 2. The van der Waals surface area contributed by atoms with E-state index in [0.717, 1.165) is 43.4 Å². The largest absolute Gasteiger partial charge is 0.496 e. The minimum Gasteiger partial charge on any atom is -0.496 e. The maximum Gasteiger partial charge on any atom is 0.260 e. The molecule has 1 amide bonds. The number of nitrogens with zero attached hydrogens (tertiary/aromatic N) is 3. The predicted octanol–water partition coefficient (Wildman–Crippen LogP) is 4.49. The Morgan fingerprint density at radius 3 is 2.61 bits per heavy atom. The highest BCUT2D eigenvalue weighted by Gasteiger charge is 2.59.